The zero-order chi connectivity index (χ0) is 37.4. The van der Waals surface area contributed by atoms with Crippen LogP contribution in [0.25, 0.3) is 0 Å². The van der Waals surface area contributed by atoms with Gasteiger partial charge in [-0.15, -0.1) is 0 Å². The maximum absolute atomic E-state index is 13.6. The van der Waals surface area contributed by atoms with Gasteiger partial charge < -0.3 is 44.2 Å². The largest absolute Gasteiger partial charge is 0.507 e. The monoisotopic (exact) mass is 711 g/mol. The third-order valence-electron chi connectivity index (χ3n) is 10.4. The van der Waals surface area contributed by atoms with Crippen LogP contribution in [-0.2, 0) is 30.2 Å². The van der Waals surface area contributed by atoms with Crippen LogP contribution < -0.4 is 20.1 Å². The molecule has 1 spiro atoms. The molecule has 5 rings (SSSR count). The van der Waals surface area contributed by atoms with Gasteiger partial charge in [-0.2, -0.15) is 5.26 Å². The highest BCUT2D eigenvalue weighted by Crippen LogP contribution is 2.58. The van der Waals surface area contributed by atoms with Crippen molar-refractivity contribution in [2.24, 2.45) is 5.41 Å². The van der Waals surface area contributed by atoms with Gasteiger partial charge in [0.05, 0.1) is 30.7 Å². The molecule has 1 aliphatic carbocycles. The molecule has 14 nitrogen and oxygen atoms in total. The summed E-state index contributed by atoms with van der Waals surface area (Å²) in [5.41, 5.74) is 1.61. The van der Waals surface area contributed by atoms with Crippen molar-refractivity contribution in [2.75, 3.05) is 47.9 Å². The van der Waals surface area contributed by atoms with Crippen molar-refractivity contribution in [1.82, 2.24) is 20.4 Å². The van der Waals surface area contributed by atoms with Gasteiger partial charge >= 0.3 is 6.09 Å². The Labute approximate surface area is 300 Å². The Morgan fingerprint density at radius 1 is 1.22 bits per heavy atom. The molecule has 1 fully saturated rings. The molecule has 51 heavy (non-hydrogen) atoms. The number of alkyl carbamates (subject to hydrolysis) is 1. The molecule has 14 heteroatoms. The number of hydrogen-bond acceptors (Lipinski definition) is 12. The highest BCUT2D eigenvalue weighted by molar-refractivity contribution is 5.85. The Morgan fingerprint density at radius 2 is 1.92 bits per heavy atom. The molecule has 0 radical (unpaired) electrons. The van der Waals surface area contributed by atoms with E-state index in [0.29, 0.717) is 65.5 Å². The molecule has 3 unspecified atom stereocenters. The minimum absolute atomic E-state index is 0.0220. The number of phenolic OH excluding ortho intramolecular Hbond substituents is 1. The van der Waals surface area contributed by atoms with Gasteiger partial charge in [-0.1, -0.05) is 13.0 Å². The van der Waals surface area contributed by atoms with Crippen LogP contribution in [0.4, 0.5) is 4.79 Å². The summed E-state index contributed by atoms with van der Waals surface area (Å²) in [5, 5.41) is 28.1. The van der Waals surface area contributed by atoms with E-state index in [2.05, 4.69) is 32.6 Å². The Hall–Kier alpha value is -4.19. The maximum atomic E-state index is 13.6. The molecule has 0 bridgehead atoms. The lowest BCUT2D eigenvalue weighted by Gasteiger charge is -2.63. The summed E-state index contributed by atoms with van der Waals surface area (Å²) in [6, 6.07) is -0.125. The number of benzene rings is 1. The fourth-order valence-electron chi connectivity index (χ4n) is 8.32. The number of nitrogens with zero attached hydrogens (tertiary/aromatic N) is 3. The summed E-state index contributed by atoms with van der Waals surface area (Å²) in [5.74, 6) is 1.95. The summed E-state index contributed by atoms with van der Waals surface area (Å²) in [6.45, 7) is 13.3. The van der Waals surface area contributed by atoms with Crippen molar-refractivity contribution in [3.05, 3.63) is 39.9 Å². The number of carbonyl (C=O) groups is 2. The second kappa shape index (κ2) is 14.8. The number of likely N-dealkylation sites (tertiary alicyclic amines) is 1. The molecule has 4 aliphatic rings. The van der Waals surface area contributed by atoms with Crippen molar-refractivity contribution in [3.63, 3.8) is 0 Å². The molecule has 6 atom stereocenters. The van der Waals surface area contributed by atoms with Crippen LogP contribution in [0.2, 0.25) is 0 Å². The minimum atomic E-state index is -0.918. The molecule has 3 N–H and O–H groups in total. The van der Waals surface area contributed by atoms with Crippen LogP contribution in [0, 0.1) is 23.7 Å². The molecule has 0 aromatic heterocycles. The molecule has 1 aromatic rings. The lowest BCUT2D eigenvalue weighted by atomic mass is 9.61. The SMILES string of the molecule is CCC(C#N)N1C([C@@H]2N(C)CC23CC=C(C)C(OC)=C3OCOC)Cc2c(O)c(C)c3c(c2[C@@H]1CNC(=O)[C@H](C)NC(=O)OC(C)(C)C)OCO3. The topological polar surface area (TPSA) is 164 Å². The number of aromatic hydroxyl groups is 1. The highest BCUT2D eigenvalue weighted by Gasteiger charge is 2.62. The van der Waals surface area contributed by atoms with Crippen LogP contribution in [0.3, 0.4) is 0 Å². The van der Waals surface area contributed by atoms with E-state index in [-0.39, 0.29) is 38.0 Å². The lowest BCUT2D eigenvalue weighted by molar-refractivity contribution is -0.137. The van der Waals surface area contributed by atoms with Gasteiger partial charge in [-0.05, 0) is 73.4 Å². The molecule has 1 saturated heterocycles. The number of phenols is 1. The van der Waals surface area contributed by atoms with E-state index in [1.54, 1.807) is 48.8 Å². The van der Waals surface area contributed by atoms with E-state index in [4.69, 9.17) is 28.4 Å². The van der Waals surface area contributed by atoms with Crippen molar-refractivity contribution >= 4 is 12.0 Å². The smallest absolute Gasteiger partial charge is 0.408 e. The summed E-state index contributed by atoms with van der Waals surface area (Å²) in [7, 11) is 5.26. The van der Waals surface area contributed by atoms with Gasteiger partial charge in [0.1, 0.15) is 17.4 Å². The van der Waals surface area contributed by atoms with Gasteiger partial charge in [0.2, 0.25) is 12.7 Å². The lowest BCUT2D eigenvalue weighted by Crippen LogP contribution is -2.73. The quantitative estimate of drug-likeness (QED) is 0.282. The maximum Gasteiger partial charge on any atom is 0.408 e. The summed E-state index contributed by atoms with van der Waals surface area (Å²) in [4.78, 5) is 30.5. The van der Waals surface area contributed by atoms with E-state index >= 15 is 0 Å². The standard InChI is InChI=1S/C37H53N5O9/c1-11-23(15-38)42-25(32-37(17-41(32)8)13-12-20(2)29(47-10)33(37)50-18-46-9)14-24-27(31-30(48-19-49-31)21(3)28(24)43)26(42)16-39-34(44)22(4)40-35(45)51-36(5,6)7/h12,22-23,25-26,32,43H,11,13-14,16-19H2,1-10H3,(H,39,44)(H,40,45)/t22-,23?,25?,26-,32-,37?/m0/s1. The number of ether oxygens (including phenoxy) is 6. The van der Waals surface area contributed by atoms with Gasteiger partial charge in [-0.3, -0.25) is 14.6 Å². The first-order valence-corrected chi connectivity index (χ1v) is 17.5. The fraction of sp³-hybridized carbons (Fsp3) is 0.649. The summed E-state index contributed by atoms with van der Waals surface area (Å²) < 4.78 is 34.9. The van der Waals surface area contributed by atoms with E-state index in [1.807, 2.05) is 20.9 Å². The van der Waals surface area contributed by atoms with Crippen LogP contribution in [0.15, 0.2) is 23.2 Å². The molecule has 0 saturated carbocycles. The average molecular weight is 712 g/mol. The predicted octanol–water partition coefficient (Wildman–Crippen LogP) is 4.16. The van der Waals surface area contributed by atoms with Crippen LogP contribution in [0.1, 0.15) is 77.1 Å². The molecular formula is C37H53N5O9. The minimum Gasteiger partial charge on any atom is -0.507 e. The zero-order valence-corrected chi connectivity index (χ0v) is 31.5. The number of carbonyl (C=O) groups excluding carboxylic acids is 2. The third kappa shape index (κ3) is 6.91. The number of allylic oxidation sites excluding steroid dienone is 2. The van der Waals surface area contributed by atoms with Crippen molar-refractivity contribution in [2.45, 2.75) is 104 Å². The van der Waals surface area contributed by atoms with Gasteiger partial charge in [-0.25, -0.2) is 4.79 Å². The van der Waals surface area contributed by atoms with Crippen LogP contribution in [0.5, 0.6) is 17.2 Å². The molecule has 1 aromatic carbocycles. The van der Waals surface area contributed by atoms with E-state index in [1.165, 1.54) is 0 Å². The van der Waals surface area contributed by atoms with E-state index < -0.39 is 41.1 Å². The Bertz CT molecular complexity index is 1630. The number of rotatable bonds is 11. The number of nitrogens with one attached hydrogen (secondary N) is 2. The van der Waals surface area contributed by atoms with Crippen molar-refractivity contribution in [1.29, 1.82) is 5.26 Å². The van der Waals surface area contributed by atoms with E-state index in [0.717, 1.165) is 5.57 Å². The van der Waals surface area contributed by atoms with Crippen molar-refractivity contribution < 1.29 is 43.1 Å². The van der Waals surface area contributed by atoms with Crippen LogP contribution >= 0.6 is 0 Å². The first kappa shape index (κ1) is 38.1. The fourth-order valence-corrected chi connectivity index (χ4v) is 8.32. The normalized spacial score (nSPS) is 25.6. The number of likely N-dealkylation sites (N-methyl/N-ethyl adjacent to an activating group) is 1. The molecule has 2 amide bonds. The van der Waals surface area contributed by atoms with E-state index in [9.17, 15) is 20.0 Å². The third-order valence-corrected chi connectivity index (χ3v) is 10.4. The molecule has 3 heterocycles. The first-order valence-electron chi connectivity index (χ1n) is 17.5. The Morgan fingerprint density at radius 3 is 2.53 bits per heavy atom. The number of amides is 2. The summed E-state index contributed by atoms with van der Waals surface area (Å²) in [6.07, 6.45) is 3.01. The Kier molecular flexibility index (Phi) is 11.0. The van der Waals surface area contributed by atoms with Gasteiger partial charge in [0, 0.05) is 49.0 Å². The number of fused-ring (bicyclic) bond motifs is 3. The second-order valence-electron chi connectivity index (χ2n) is 14.9. The van der Waals surface area contributed by atoms with Gasteiger partial charge in [0.25, 0.3) is 0 Å². The molecule has 3 aliphatic heterocycles. The van der Waals surface area contributed by atoms with Gasteiger partial charge in [0.15, 0.2) is 29.8 Å². The average Bonchev–Trinajstić information content (AvgIpc) is 3.56. The zero-order valence-electron chi connectivity index (χ0n) is 31.5. The number of nitriles is 1. The van der Waals surface area contributed by atoms with Crippen LogP contribution in [-0.4, -0.2) is 105 Å². The molecular weight excluding hydrogens is 658 g/mol. The first-order chi connectivity index (χ1) is 24.1. The highest BCUT2D eigenvalue weighted by atomic mass is 16.7. The predicted molar refractivity (Wildman–Crippen MR) is 187 cm³/mol. The number of methoxy groups -OCH3 is 2. The number of hydrogen-bond donors (Lipinski definition) is 3. The van der Waals surface area contributed by atoms with Crippen molar-refractivity contribution in [3.8, 4) is 23.3 Å². The summed E-state index contributed by atoms with van der Waals surface area (Å²) >= 11 is 0. The Balaban J connectivity index is 1.61. The molecule has 280 valence electrons. The second-order valence-corrected chi connectivity index (χ2v) is 14.9.